The molecule has 2 atom stereocenters. The number of nitrogens with one attached hydrogen (secondary N) is 2. The van der Waals surface area contributed by atoms with Crippen molar-refractivity contribution in [3.63, 3.8) is 0 Å². The Hall–Kier alpha value is -2.43. The number of esters is 1. The number of fused-ring (bicyclic) bond motifs is 1. The number of Topliss-reactive ketones (excluding diaryl/α,β-unsaturated/α-hetero) is 1. The van der Waals surface area contributed by atoms with Crippen LogP contribution < -0.4 is 4.72 Å². The summed E-state index contributed by atoms with van der Waals surface area (Å²) in [6.45, 7) is 0.586. The highest BCUT2D eigenvalue weighted by atomic mass is 35.5. The standard InChI is InChI=1S/C20H18Cl2N2O6S/c1-11(25)19(24-31(28,29)12-6-7-15(21)16(22)8-12)20(27)30-10-18(26)14-9-23-17-5-3-2-4-13(14)17/h2-9,11,19,23-25H,10H2,1H3/t11-,19+/m1/s1. The minimum absolute atomic E-state index is 0.00467. The van der Waals surface area contributed by atoms with E-state index in [9.17, 15) is 23.1 Å². The number of aliphatic hydroxyl groups excluding tert-OH is 1. The largest absolute Gasteiger partial charge is 0.456 e. The monoisotopic (exact) mass is 484 g/mol. The lowest BCUT2D eigenvalue weighted by Crippen LogP contribution is -2.48. The number of halogens is 2. The lowest BCUT2D eigenvalue weighted by atomic mass is 10.1. The molecule has 0 aliphatic heterocycles. The van der Waals surface area contributed by atoms with Crippen molar-refractivity contribution in [3.05, 3.63) is 64.3 Å². The van der Waals surface area contributed by atoms with Crippen LogP contribution in [0.1, 0.15) is 17.3 Å². The van der Waals surface area contributed by atoms with Crippen LogP contribution in [0.3, 0.4) is 0 Å². The van der Waals surface area contributed by atoms with Crippen LogP contribution in [0.25, 0.3) is 10.9 Å². The van der Waals surface area contributed by atoms with Crippen molar-refractivity contribution in [2.45, 2.75) is 24.0 Å². The highest BCUT2D eigenvalue weighted by Crippen LogP contribution is 2.25. The van der Waals surface area contributed by atoms with Crippen LogP contribution in [0, 0.1) is 0 Å². The Kier molecular flexibility index (Phi) is 7.03. The molecule has 0 radical (unpaired) electrons. The zero-order valence-electron chi connectivity index (χ0n) is 16.1. The van der Waals surface area contributed by atoms with Crippen molar-refractivity contribution >= 4 is 55.9 Å². The molecule has 0 amide bonds. The molecule has 0 aliphatic rings. The molecule has 31 heavy (non-hydrogen) atoms. The smallest absolute Gasteiger partial charge is 0.327 e. The number of H-pyrrole nitrogens is 1. The molecule has 0 bridgehead atoms. The summed E-state index contributed by atoms with van der Waals surface area (Å²) in [7, 11) is -4.24. The molecule has 1 heterocycles. The van der Waals surface area contributed by atoms with Gasteiger partial charge in [0.2, 0.25) is 15.8 Å². The van der Waals surface area contributed by atoms with Crippen molar-refractivity contribution in [2.75, 3.05) is 6.61 Å². The number of para-hydroxylation sites is 1. The summed E-state index contributed by atoms with van der Waals surface area (Å²) >= 11 is 11.6. The Morgan fingerprint density at radius 2 is 1.87 bits per heavy atom. The summed E-state index contributed by atoms with van der Waals surface area (Å²) in [6, 6.07) is 9.05. The highest BCUT2D eigenvalue weighted by molar-refractivity contribution is 7.89. The maximum atomic E-state index is 12.6. The van der Waals surface area contributed by atoms with Crippen LogP contribution in [-0.2, 0) is 19.6 Å². The minimum Gasteiger partial charge on any atom is -0.456 e. The second kappa shape index (κ2) is 9.37. The van der Waals surface area contributed by atoms with E-state index in [0.29, 0.717) is 10.9 Å². The van der Waals surface area contributed by atoms with Gasteiger partial charge in [-0.2, -0.15) is 4.72 Å². The van der Waals surface area contributed by atoms with Crippen molar-refractivity contribution in [1.29, 1.82) is 0 Å². The first-order valence-corrected chi connectivity index (χ1v) is 11.3. The maximum absolute atomic E-state index is 12.6. The Bertz CT molecular complexity index is 1240. The number of benzene rings is 2. The predicted molar refractivity (Wildman–Crippen MR) is 116 cm³/mol. The van der Waals surface area contributed by atoms with Crippen molar-refractivity contribution in [2.24, 2.45) is 0 Å². The third-order valence-electron chi connectivity index (χ3n) is 4.45. The quantitative estimate of drug-likeness (QED) is 0.333. The Morgan fingerprint density at radius 3 is 2.55 bits per heavy atom. The Morgan fingerprint density at radius 1 is 1.16 bits per heavy atom. The lowest BCUT2D eigenvalue weighted by molar-refractivity contribution is -0.147. The van der Waals surface area contributed by atoms with Gasteiger partial charge >= 0.3 is 5.97 Å². The van der Waals surface area contributed by atoms with Crippen LogP contribution in [-0.4, -0.2) is 49.0 Å². The minimum atomic E-state index is -4.24. The molecule has 3 N–H and O–H groups in total. The van der Waals surface area contributed by atoms with Crippen molar-refractivity contribution in [1.82, 2.24) is 9.71 Å². The molecule has 0 saturated carbocycles. The molecule has 0 fully saturated rings. The molecule has 3 rings (SSSR count). The maximum Gasteiger partial charge on any atom is 0.327 e. The first-order valence-electron chi connectivity index (χ1n) is 9.01. The van der Waals surface area contributed by atoms with Crippen LogP contribution >= 0.6 is 23.2 Å². The molecule has 8 nitrogen and oxygen atoms in total. The average Bonchev–Trinajstić information content (AvgIpc) is 3.16. The fourth-order valence-corrected chi connectivity index (χ4v) is 4.48. The third kappa shape index (κ3) is 5.25. The molecular formula is C20H18Cl2N2O6S. The molecule has 2 aromatic carbocycles. The Balaban J connectivity index is 1.71. The normalized spacial score (nSPS) is 13.7. The predicted octanol–water partition coefficient (Wildman–Crippen LogP) is 2.93. The number of aliphatic hydroxyl groups is 1. The van der Waals surface area contributed by atoms with E-state index in [-0.39, 0.29) is 14.9 Å². The molecular weight excluding hydrogens is 467 g/mol. The van der Waals surface area contributed by atoms with Gasteiger partial charge in [0.15, 0.2) is 6.61 Å². The third-order valence-corrected chi connectivity index (χ3v) is 6.63. The van der Waals surface area contributed by atoms with E-state index in [1.54, 1.807) is 24.3 Å². The molecule has 0 unspecified atom stereocenters. The molecule has 0 spiro atoms. The van der Waals surface area contributed by atoms with Crippen molar-refractivity contribution < 1.29 is 27.9 Å². The van der Waals surface area contributed by atoms with E-state index >= 15 is 0 Å². The number of hydrogen-bond donors (Lipinski definition) is 3. The summed E-state index contributed by atoms with van der Waals surface area (Å²) in [4.78, 5) is 27.6. The van der Waals surface area contributed by atoms with Crippen LogP contribution in [0.5, 0.6) is 0 Å². The van der Waals surface area contributed by atoms with E-state index in [1.165, 1.54) is 25.3 Å². The number of rotatable bonds is 8. The summed E-state index contributed by atoms with van der Waals surface area (Å²) in [6.07, 6.45) is 0.0632. The van der Waals surface area contributed by atoms with Crippen LogP contribution in [0.15, 0.2) is 53.6 Å². The Labute approximate surface area is 188 Å². The molecule has 164 valence electrons. The second-order valence-electron chi connectivity index (χ2n) is 6.69. The zero-order valence-corrected chi connectivity index (χ0v) is 18.5. The highest BCUT2D eigenvalue weighted by Gasteiger charge is 2.31. The van der Waals surface area contributed by atoms with Crippen LogP contribution in [0.2, 0.25) is 10.0 Å². The number of ether oxygens (including phenoxy) is 1. The summed E-state index contributed by atoms with van der Waals surface area (Å²) in [5.74, 6) is -1.59. The molecule has 0 aliphatic carbocycles. The molecule has 1 aromatic heterocycles. The van der Waals surface area contributed by atoms with Gasteiger partial charge in [-0.05, 0) is 31.2 Å². The fourth-order valence-electron chi connectivity index (χ4n) is 2.83. The summed E-state index contributed by atoms with van der Waals surface area (Å²) in [5, 5.41) is 10.7. The number of hydrogen-bond acceptors (Lipinski definition) is 6. The van der Waals surface area contributed by atoms with E-state index < -0.39 is 40.5 Å². The molecule has 3 aromatic rings. The van der Waals surface area contributed by atoms with Gasteiger partial charge in [-0.15, -0.1) is 0 Å². The first-order chi connectivity index (χ1) is 14.6. The fraction of sp³-hybridized carbons (Fsp3) is 0.200. The van der Waals surface area contributed by atoms with Crippen LogP contribution in [0.4, 0.5) is 0 Å². The van der Waals surface area contributed by atoms with E-state index in [2.05, 4.69) is 9.71 Å². The van der Waals surface area contributed by atoms with E-state index in [4.69, 9.17) is 27.9 Å². The van der Waals surface area contributed by atoms with Gasteiger partial charge in [0, 0.05) is 22.7 Å². The zero-order chi connectivity index (χ0) is 22.8. The summed E-state index contributed by atoms with van der Waals surface area (Å²) in [5.41, 5.74) is 1.07. The van der Waals surface area contributed by atoms with Gasteiger partial charge in [-0.1, -0.05) is 41.4 Å². The second-order valence-corrected chi connectivity index (χ2v) is 9.22. The number of ketones is 1. The van der Waals surface area contributed by atoms with Gasteiger partial charge in [0.05, 0.1) is 21.0 Å². The van der Waals surface area contributed by atoms with E-state index in [1.807, 2.05) is 0 Å². The first kappa shape index (κ1) is 23.2. The number of aromatic amines is 1. The van der Waals surface area contributed by atoms with Gasteiger partial charge in [-0.25, -0.2) is 8.42 Å². The van der Waals surface area contributed by atoms with E-state index in [0.717, 1.165) is 11.6 Å². The SMILES string of the molecule is C[C@@H](O)[C@H](NS(=O)(=O)c1ccc(Cl)c(Cl)c1)C(=O)OCC(=O)c1c[nH]c2ccccc12. The van der Waals surface area contributed by atoms with Gasteiger partial charge in [0.1, 0.15) is 6.04 Å². The number of carbonyl (C=O) groups excluding carboxylic acids is 2. The van der Waals surface area contributed by atoms with Crippen molar-refractivity contribution in [3.8, 4) is 0 Å². The number of aromatic nitrogens is 1. The van der Waals surface area contributed by atoms with Gasteiger partial charge in [0.25, 0.3) is 0 Å². The number of sulfonamides is 1. The number of carbonyl (C=O) groups is 2. The molecule has 0 saturated heterocycles. The summed E-state index contributed by atoms with van der Waals surface area (Å²) < 4.78 is 32.2. The lowest BCUT2D eigenvalue weighted by Gasteiger charge is -2.20. The van der Waals surface area contributed by atoms with Gasteiger partial charge < -0.3 is 14.8 Å². The molecule has 11 heteroatoms. The average molecular weight is 485 g/mol. The topological polar surface area (TPSA) is 126 Å². The van der Waals surface area contributed by atoms with Gasteiger partial charge in [-0.3, -0.25) is 9.59 Å².